The van der Waals surface area contributed by atoms with Gasteiger partial charge < -0.3 is 15.8 Å². The molecule has 4 aromatic rings. The van der Waals surface area contributed by atoms with Crippen LogP contribution in [0.3, 0.4) is 0 Å². The number of nitrogen functional groups attached to an aromatic ring is 1. The van der Waals surface area contributed by atoms with E-state index in [2.05, 4.69) is 40.9 Å². The molecule has 1 aromatic carbocycles. The Morgan fingerprint density at radius 3 is 2.75 bits per heavy atom. The highest BCUT2D eigenvalue weighted by Gasteiger charge is 2.13. The molecule has 1 aliphatic rings. The zero-order valence-electron chi connectivity index (χ0n) is 16.9. The normalized spacial score (nSPS) is 15.2. The van der Waals surface area contributed by atoms with E-state index in [0.29, 0.717) is 23.1 Å². The van der Waals surface area contributed by atoms with Crippen molar-refractivity contribution in [3.05, 3.63) is 78.7 Å². The predicted molar refractivity (Wildman–Crippen MR) is 119 cm³/mol. The van der Waals surface area contributed by atoms with E-state index < -0.39 is 0 Å². The van der Waals surface area contributed by atoms with Gasteiger partial charge in [-0.05, 0) is 29.9 Å². The molecule has 0 radical (unpaired) electrons. The number of anilines is 2. The fourth-order valence-electron chi connectivity index (χ4n) is 3.27. The monoisotopic (exact) mass is 425 g/mol. The maximum Gasteiger partial charge on any atom is 0.223 e. The van der Waals surface area contributed by atoms with Gasteiger partial charge in [-0.15, -0.1) is 10.2 Å². The van der Waals surface area contributed by atoms with Gasteiger partial charge in [0.2, 0.25) is 11.8 Å². The van der Waals surface area contributed by atoms with Gasteiger partial charge in [-0.1, -0.05) is 36.4 Å². The number of hydrogen-bond donors (Lipinski definition) is 3. The third-order valence-corrected chi connectivity index (χ3v) is 4.75. The summed E-state index contributed by atoms with van der Waals surface area (Å²) in [7, 11) is 0. The molecule has 0 bridgehead atoms. The van der Waals surface area contributed by atoms with Gasteiger partial charge in [0, 0.05) is 29.9 Å². The predicted octanol–water partition coefficient (Wildman–Crippen LogP) is 3.00. The van der Waals surface area contributed by atoms with Crippen molar-refractivity contribution in [3.63, 3.8) is 0 Å². The lowest BCUT2D eigenvalue weighted by molar-refractivity contribution is 0.437. The van der Waals surface area contributed by atoms with E-state index in [9.17, 15) is 0 Å². The highest BCUT2D eigenvalue weighted by molar-refractivity contribution is 5.64. The number of nitrogens with two attached hydrogens (primary N) is 1. The van der Waals surface area contributed by atoms with Gasteiger partial charge in [-0.3, -0.25) is 4.98 Å². The Hall–Kier alpha value is -4.60. The van der Waals surface area contributed by atoms with Crippen LogP contribution in [0.25, 0.3) is 22.8 Å². The minimum absolute atomic E-state index is 0.0487. The minimum atomic E-state index is 0.0487. The maximum atomic E-state index is 5.96. The Kier molecular flexibility index (Phi) is 5.23. The van der Waals surface area contributed by atoms with Gasteiger partial charge in [0.25, 0.3) is 0 Å². The molecule has 0 saturated carbocycles. The van der Waals surface area contributed by atoms with Gasteiger partial charge in [0.05, 0.1) is 5.69 Å². The van der Waals surface area contributed by atoms with Crippen LogP contribution < -0.4 is 15.8 Å². The number of aromatic nitrogens is 7. The molecule has 5 rings (SSSR count). The smallest absolute Gasteiger partial charge is 0.223 e. The summed E-state index contributed by atoms with van der Waals surface area (Å²) >= 11 is 0. The molecular weight excluding hydrogens is 406 g/mol. The largest absolute Gasteiger partial charge is 0.458 e. The van der Waals surface area contributed by atoms with Crippen LogP contribution in [0, 0.1) is 0 Å². The van der Waals surface area contributed by atoms with Crippen molar-refractivity contribution in [2.24, 2.45) is 0 Å². The Bertz CT molecular complexity index is 1270. The summed E-state index contributed by atoms with van der Waals surface area (Å²) in [4.78, 5) is 12.9. The molecule has 4 N–H and O–H groups in total. The second-order valence-electron chi connectivity index (χ2n) is 7.03. The summed E-state index contributed by atoms with van der Waals surface area (Å²) in [5.74, 6) is 2.68. The summed E-state index contributed by atoms with van der Waals surface area (Å²) in [5.41, 5.74) is 8.26. The van der Waals surface area contributed by atoms with Crippen LogP contribution in [0.1, 0.15) is 6.42 Å². The van der Waals surface area contributed by atoms with Crippen LogP contribution in [0.15, 0.2) is 78.7 Å². The first-order valence-corrected chi connectivity index (χ1v) is 9.95. The number of nitrogens with zero attached hydrogens (tertiary/aromatic N) is 6. The van der Waals surface area contributed by atoms with Gasteiger partial charge in [0.15, 0.2) is 0 Å². The molecule has 158 valence electrons. The standard InChI is InChI=1S/C22H19N9O/c23-22-26-18(14-4-2-1-3-5-14)13-20(27-22)25-15-6-8-16(9-7-15)32-17-10-11-24-19(12-17)21-28-30-31-29-21/h1-6,8-13,15H,7H2,(H3,23,25,26,27)(H,28,29,30,31). The third-order valence-electron chi connectivity index (χ3n) is 4.75. The fraction of sp³-hybridized carbons (Fsp3) is 0.0909. The molecule has 0 aliphatic heterocycles. The second kappa shape index (κ2) is 8.64. The summed E-state index contributed by atoms with van der Waals surface area (Å²) in [6.07, 6.45) is 8.31. The van der Waals surface area contributed by atoms with E-state index in [4.69, 9.17) is 10.5 Å². The minimum Gasteiger partial charge on any atom is -0.458 e. The van der Waals surface area contributed by atoms with Crippen molar-refractivity contribution in [1.29, 1.82) is 0 Å². The first-order chi connectivity index (χ1) is 15.7. The van der Waals surface area contributed by atoms with Crippen LogP contribution in [0.5, 0.6) is 5.75 Å². The van der Waals surface area contributed by atoms with Gasteiger partial charge in [0.1, 0.15) is 23.0 Å². The molecule has 1 aliphatic carbocycles. The topological polar surface area (TPSA) is 140 Å². The number of rotatable bonds is 6. The first-order valence-electron chi connectivity index (χ1n) is 9.95. The third kappa shape index (κ3) is 4.43. The van der Waals surface area contributed by atoms with E-state index in [1.54, 1.807) is 18.3 Å². The molecule has 32 heavy (non-hydrogen) atoms. The molecule has 0 spiro atoms. The van der Waals surface area contributed by atoms with Crippen molar-refractivity contribution in [3.8, 4) is 28.5 Å². The van der Waals surface area contributed by atoms with Gasteiger partial charge >= 0.3 is 0 Å². The molecule has 0 saturated heterocycles. The summed E-state index contributed by atoms with van der Waals surface area (Å²) < 4.78 is 5.96. The molecule has 3 aromatic heterocycles. The molecule has 10 heteroatoms. The molecule has 1 atom stereocenters. The molecule has 0 amide bonds. The van der Waals surface area contributed by atoms with Crippen molar-refractivity contribution < 1.29 is 4.74 Å². The quantitative estimate of drug-likeness (QED) is 0.425. The number of hydrogen-bond acceptors (Lipinski definition) is 9. The average Bonchev–Trinajstić information content (AvgIpc) is 3.36. The van der Waals surface area contributed by atoms with Crippen LogP contribution in [-0.4, -0.2) is 41.6 Å². The van der Waals surface area contributed by atoms with E-state index in [-0.39, 0.29) is 12.0 Å². The van der Waals surface area contributed by atoms with E-state index in [0.717, 1.165) is 23.4 Å². The number of benzene rings is 1. The molecular formula is C22H19N9O. The fourth-order valence-corrected chi connectivity index (χ4v) is 3.27. The number of ether oxygens (including phenoxy) is 1. The number of nitrogens with one attached hydrogen (secondary N) is 2. The van der Waals surface area contributed by atoms with Crippen LogP contribution in [0.2, 0.25) is 0 Å². The zero-order valence-corrected chi connectivity index (χ0v) is 16.9. The van der Waals surface area contributed by atoms with Crippen LogP contribution >= 0.6 is 0 Å². The highest BCUT2D eigenvalue weighted by Crippen LogP contribution is 2.24. The molecule has 1 unspecified atom stereocenters. The number of aromatic amines is 1. The van der Waals surface area contributed by atoms with Crippen LogP contribution in [0.4, 0.5) is 11.8 Å². The van der Waals surface area contributed by atoms with Crippen molar-refractivity contribution in [2.45, 2.75) is 12.5 Å². The first kappa shape index (κ1) is 19.4. The van der Waals surface area contributed by atoms with Crippen LogP contribution in [-0.2, 0) is 0 Å². The Labute approximate surface area is 183 Å². The maximum absolute atomic E-state index is 5.96. The molecule has 0 fully saturated rings. The summed E-state index contributed by atoms with van der Waals surface area (Å²) in [6, 6.07) is 15.3. The number of allylic oxidation sites excluding steroid dienone is 1. The Balaban J connectivity index is 1.24. The lowest BCUT2D eigenvalue weighted by atomic mass is 10.1. The van der Waals surface area contributed by atoms with Gasteiger partial charge in [-0.2, -0.15) is 10.2 Å². The number of H-pyrrole nitrogens is 1. The number of tetrazole rings is 1. The van der Waals surface area contributed by atoms with Crippen molar-refractivity contribution in [1.82, 2.24) is 35.6 Å². The van der Waals surface area contributed by atoms with Gasteiger partial charge in [-0.25, -0.2) is 4.98 Å². The van der Waals surface area contributed by atoms with E-state index in [1.165, 1.54) is 0 Å². The lowest BCUT2D eigenvalue weighted by Crippen LogP contribution is -2.20. The Morgan fingerprint density at radius 2 is 1.97 bits per heavy atom. The van der Waals surface area contributed by atoms with E-state index in [1.807, 2.05) is 54.6 Å². The SMILES string of the molecule is Nc1nc(NC2C=CC(Oc3ccnc(-c4nn[nH]n4)c3)=CC2)cc(-c2ccccc2)n1. The zero-order chi connectivity index (χ0) is 21.8. The van der Waals surface area contributed by atoms with Crippen molar-refractivity contribution in [2.75, 3.05) is 11.1 Å². The van der Waals surface area contributed by atoms with E-state index >= 15 is 0 Å². The van der Waals surface area contributed by atoms with Crippen molar-refractivity contribution >= 4 is 11.8 Å². The second-order valence-corrected chi connectivity index (χ2v) is 7.03. The summed E-state index contributed by atoms with van der Waals surface area (Å²) in [5, 5.41) is 17.2. The Morgan fingerprint density at radius 1 is 1.06 bits per heavy atom. The number of pyridine rings is 1. The average molecular weight is 425 g/mol. The summed E-state index contributed by atoms with van der Waals surface area (Å²) in [6.45, 7) is 0. The highest BCUT2D eigenvalue weighted by atomic mass is 16.5. The molecule has 10 nitrogen and oxygen atoms in total. The molecule has 3 heterocycles. The lowest BCUT2D eigenvalue weighted by Gasteiger charge is -2.19.